The largest absolute Gasteiger partial charge is 0.396 e. The van der Waals surface area contributed by atoms with E-state index in [4.69, 9.17) is 9.84 Å². The highest BCUT2D eigenvalue weighted by Gasteiger charge is 1.98. The Morgan fingerprint density at radius 1 is 1.07 bits per heavy atom. The Bertz CT molecular complexity index is 104. The fraction of sp³-hybridized carbons (Fsp3) is 1.00. The summed E-state index contributed by atoms with van der Waals surface area (Å²) in [7, 11) is 0. The van der Waals surface area contributed by atoms with E-state index in [1.165, 1.54) is 32.1 Å². The molecule has 0 bridgehead atoms. The highest BCUT2D eigenvalue weighted by molar-refractivity contribution is 4.50. The van der Waals surface area contributed by atoms with Crippen molar-refractivity contribution in [2.45, 2.75) is 52.4 Å². The van der Waals surface area contributed by atoms with Crippen molar-refractivity contribution in [2.24, 2.45) is 5.92 Å². The van der Waals surface area contributed by atoms with Crippen LogP contribution in [0.5, 0.6) is 0 Å². The number of aliphatic hydroxyl groups is 1. The Morgan fingerprint density at radius 3 is 2.43 bits per heavy atom. The number of hydrogen-bond donors (Lipinski definition) is 1. The monoisotopic (exact) mass is 202 g/mol. The maximum Gasteiger partial charge on any atom is 0.0466 e. The average molecular weight is 202 g/mol. The summed E-state index contributed by atoms with van der Waals surface area (Å²) in [4.78, 5) is 0. The van der Waals surface area contributed by atoms with Crippen molar-refractivity contribution in [1.29, 1.82) is 0 Å². The first kappa shape index (κ1) is 13.9. The first-order valence-electron chi connectivity index (χ1n) is 5.99. The van der Waals surface area contributed by atoms with Crippen LogP contribution in [0.2, 0.25) is 0 Å². The molecular weight excluding hydrogens is 176 g/mol. The van der Waals surface area contributed by atoms with Crippen molar-refractivity contribution in [1.82, 2.24) is 0 Å². The van der Waals surface area contributed by atoms with Crippen LogP contribution in [-0.4, -0.2) is 24.9 Å². The van der Waals surface area contributed by atoms with Gasteiger partial charge in [-0.05, 0) is 25.2 Å². The van der Waals surface area contributed by atoms with E-state index in [-0.39, 0.29) is 0 Å². The second-order valence-corrected chi connectivity index (χ2v) is 4.10. The van der Waals surface area contributed by atoms with E-state index >= 15 is 0 Å². The summed E-state index contributed by atoms with van der Waals surface area (Å²) in [6, 6.07) is 0. The molecule has 0 aromatic carbocycles. The van der Waals surface area contributed by atoms with Gasteiger partial charge in [0.15, 0.2) is 0 Å². The zero-order valence-electron chi connectivity index (χ0n) is 9.80. The summed E-state index contributed by atoms with van der Waals surface area (Å²) in [6.07, 6.45) is 7.16. The summed E-state index contributed by atoms with van der Waals surface area (Å²) in [5.74, 6) is 0.469. The van der Waals surface area contributed by atoms with Gasteiger partial charge in [0.05, 0.1) is 0 Å². The number of unbranched alkanes of at least 4 members (excludes halogenated alkanes) is 3. The quantitative estimate of drug-likeness (QED) is 0.552. The Balaban J connectivity index is 2.92. The molecule has 0 aromatic heterocycles. The molecule has 14 heavy (non-hydrogen) atoms. The van der Waals surface area contributed by atoms with Crippen LogP contribution in [0.1, 0.15) is 52.4 Å². The van der Waals surface area contributed by atoms with Gasteiger partial charge in [-0.15, -0.1) is 0 Å². The van der Waals surface area contributed by atoms with E-state index in [0.717, 1.165) is 19.6 Å². The molecule has 86 valence electrons. The predicted octanol–water partition coefficient (Wildman–Crippen LogP) is 2.99. The average Bonchev–Trinajstić information content (AvgIpc) is 2.21. The van der Waals surface area contributed by atoms with Gasteiger partial charge < -0.3 is 9.84 Å². The van der Waals surface area contributed by atoms with Gasteiger partial charge in [0.25, 0.3) is 0 Å². The van der Waals surface area contributed by atoms with E-state index in [9.17, 15) is 0 Å². The van der Waals surface area contributed by atoms with Crippen molar-refractivity contribution >= 4 is 0 Å². The zero-order valence-corrected chi connectivity index (χ0v) is 9.80. The highest BCUT2D eigenvalue weighted by Crippen LogP contribution is 2.08. The smallest absolute Gasteiger partial charge is 0.0466 e. The minimum atomic E-state index is 0.326. The normalized spacial score (nSPS) is 13.1. The summed E-state index contributed by atoms with van der Waals surface area (Å²) in [5, 5.41) is 8.81. The van der Waals surface area contributed by atoms with Crippen molar-refractivity contribution < 1.29 is 9.84 Å². The number of hydrogen-bond acceptors (Lipinski definition) is 2. The lowest BCUT2D eigenvalue weighted by atomic mass is 10.0. The molecule has 2 nitrogen and oxygen atoms in total. The fourth-order valence-corrected chi connectivity index (χ4v) is 1.31. The molecule has 0 spiro atoms. The lowest BCUT2D eigenvalue weighted by molar-refractivity contribution is 0.126. The van der Waals surface area contributed by atoms with E-state index < -0.39 is 0 Å². The molecule has 0 radical (unpaired) electrons. The molecule has 0 saturated carbocycles. The number of ether oxygens (including phenoxy) is 1. The van der Waals surface area contributed by atoms with Gasteiger partial charge >= 0.3 is 0 Å². The number of rotatable bonds is 10. The lowest BCUT2D eigenvalue weighted by Gasteiger charge is -2.07. The van der Waals surface area contributed by atoms with Crippen molar-refractivity contribution in [3.63, 3.8) is 0 Å². The van der Waals surface area contributed by atoms with Crippen molar-refractivity contribution in [3.8, 4) is 0 Å². The molecule has 0 aromatic rings. The molecule has 0 aliphatic heterocycles. The van der Waals surface area contributed by atoms with Crippen LogP contribution in [0.15, 0.2) is 0 Å². The van der Waals surface area contributed by atoms with E-state index in [2.05, 4.69) is 13.8 Å². The maximum atomic E-state index is 8.81. The predicted molar refractivity (Wildman–Crippen MR) is 60.4 cm³/mol. The summed E-state index contributed by atoms with van der Waals surface area (Å²) in [6.45, 7) is 6.43. The highest BCUT2D eigenvalue weighted by atomic mass is 16.5. The van der Waals surface area contributed by atoms with Gasteiger partial charge in [0, 0.05) is 19.8 Å². The molecule has 0 aliphatic rings. The molecule has 1 atom stereocenters. The molecule has 1 unspecified atom stereocenters. The molecule has 0 saturated heterocycles. The van der Waals surface area contributed by atoms with Gasteiger partial charge in [-0.1, -0.05) is 33.1 Å². The minimum absolute atomic E-state index is 0.326. The van der Waals surface area contributed by atoms with Gasteiger partial charge in [-0.25, -0.2) is 0 Å². The van der Waals surface area contributed by atoms with Crippen molar-refractivity contribution in [3.05, 3.63) is 0 Å². The second-order valence-electron chi connectivity index (χ2n) is 4.10. The first-order chi connectivity index (χ1) is 6.81. The lowest BCUT2D eigenvalue weighted by Crippen LogP contribution is -2.01. The Morgan fingerprint density at radius 2 is 1.79 bits per heavy atom. The molecule has 0 fully saturated rings. The maximum absolute atomic E-state index is 8.81. The second kappa shape index (κ2) is 11.0. The van der Waals surface area contributed by atoms with Crippen LogP contribution in [0.4, 0.5) is 0 Å². The molecule has 1 N–H and O–H groups in total. The Hall–Kier alpha value is -0.0800. The zero-order chi connectivity index (χ0) is 10.6. The van der Waals surface area contributed by atoms with E-state index in [1.807, 2.05) is 0 Å². The summed E-state index contributed by atoms with van der Waals surface area (Å²) >= 11 is 0. The molecular formula is C12H26O2. The third kappa shape index (κ3) is 10.0. The third-order valence-corrected chi connectivity index (χ3v) is 2.44. The van der Waals surface area contributed by atoms with Crippen LogP contribution in [0.25, 0.3) is 0 Å². The van der Waals surface area contributed by atoms with Crippen LogP contribution < -0.4 is 0 Å². The Labute approximate surface area is 88.7 Å². The molecule has 0 aliphatic carbocycles. The molecule has 2 heteroatoms. The topological polar surface area (TPSA) is 29.5 Å². The van der Waals surface area contributed by atoms with E-state index in [0.29, 0.717) is 12.5 Å². The molecule has 0 rings (SSSR count). The van der Waals surface area contributed by atoms with E-state index in [1.54, 1.807) is 0 Å². The van der Waals surface area contributed by atoms with Gasteiger partial charge in [-0.3, -0.25) is 0 Å². The molecule has 0 heterocycles. The van der Waals surface area contributed by atoms with Crippen LogP contribution >= 0.6 is 0 Å². The SMILES string of the molecule is CCCCOCCCCCC(C)CO. The Kier molecular flexibility index (Phi) is 10.9. The van der Waals surface area contributed by atoms with Crippen LogP contribution in [0.3, 0.4) is 0 Å². The summed E-state index contributed by atoms with van der Waals surface area (Å²) in [5.41, 5.74) is 0. The van der Waals surface area contributed by atoms with Gasteiger partial charge in [0.2, 0.25) is 0 Å². The van der Waals surface area contributed by atoms with Gasteiger partial charge in [0.1, 0.15) is 0 Å². The fourth-order valence-electron chi connectivity index (χ4n) is 1.31. The number of aliphatic hydroxyl groups excluding tert-OH is 1. The van der Waals surface area contributed by atoms with Gasteiger partial charge in [-0.2, -0.15) is 0 Å². The van der Waals surface area contributed by atoms with Crippen molar-refractivity contribution in [2.75, 3.05) is 19.8 Å². The summed E-state index contributed by atoms with van der Waals surface area (Å²) < 4.78 is 5.46. The van der Waals surface area contributed by atoms with Crippen LogP contribution in [0, 0.1) is 5.92 Å². The molecule has 0 amide bonds. The first-order valence-corrected chi connectivity index (χ1v) is 5.99. The third-order valence-electron chi connectivity index (χ3n) is 2.44. The van der Waals surface area contributed by atoms with Crippen LogP contribution in [-0.2, 0) is 4.74 Å². The standard InChI is InChI=1S/C12H26O2/c1-3-4-9-14-10-7-5-6-8-12(2)11-13/h12-13H,3-11H2,1-2H3. The minimum Gasteiger partial charge on any atom is -0.396 e.